The molecule has 0 radical (unpaired) electrons. The van der Waals surface area contributed by atoms with Crippen LogP contribution in [0.5, 0.6) is 0 Å². The van der Waals surface area contributed by atoms with Gasteiger partial charge in [-0.25, -0.2) is 19.9 Å². The smallest absolute Gasteiger partial charge is 0.353 e. The van der Waals surface area contributed by atoms with E-state index < -0.39 is 11.9 Å². The third-order valence-corrected chi connectivity index (χ3v) is 4.83. The molecule has 0 spiro atoms. The quantitative estimate of drug-likeness (QED) is 0.702. The molecule has 0 atom stereocenters. The molecule has 4 heterocycles. The Morgan fingerprint density at radius 2 is 1.69 bits per heavy atom. The number of rotatable bonds is 5. The van der Waals surface area contributed by atoms with Crippen molar-refractivity contribution >= 4 is 22.7 Å². The second-order valence-electron chi connectivity index (χ2n) is 6.72. The molecule has 7 nitrogen and oxygen atoms in total. The van der Waals surface area contributed by atoms with E-state index in [0.717, 1.165) is 45.3 Å². The van der Waals surface area contributed by atoms with Crippen molar-refractivity contribution in [1.29, 1.82) is 0 Å². The Bertz CT molecular complexity index is 957. The molecule has 1 aliphatic rings. The molecule has 4 rings (SSSR count). The van der Waals surface area contributed by atoms with Gasteiger partial charge >= 0.3 is 6.18 Å². The summed E-state index contributed by atoms with van der Waals surface area (Å²) in [6.07, 6.45) is 0.443. The van der Waals surface area contributed by atoms with Crippen molar-refractivity contribution in [1.82, 2.24) is 24.8 Å². The summed E-state index contributed by atoms with van der Waals surface area (Å²) in [7, 11) is 0. The highest BCUT2D eigenvalue weighted by molar-refractivity contribution is 5.89. The molecule has 0 amide bonds. The largest absolute Gasteiger partial charge is 0.433 e. The van der Waals surface area contributed by atoms with E-state index in [4.69, 9.17) is 0 Å². The van der Waals surface area contributed by atoms with Gasteiger partial charge in [0.15, 0.2) is 0 Å². The molecule has 0 aromatic carbocycles. The fourth-order valence-corrected chi connectivity index (χ4v) is 3.35. The van der Waals surface area contributed by atoms with Gasteiger partial charge in [0.1, 0.15) is 11.5 Å². The topological polar surface area (TPSA) is 70.1 Å². The van der Waals surface area contributed by atoms with Gasteiger partial charge in [-0.1, -0.05) is 0 Å². The van der Waals surface area contributed by atoms with Gasteiger partial charge in [0.05, 0.1) is 5.52 Å². The van der Waals surface area contributed by atoms with Crippen molar-refractivity contribution in [2.24, 2.45) is 0 Å². The number of pyridine rings is 2. The van der Waals surface area contributed by atoms with E-state index in [2.05, 4.69) is 35.1 Å². The van der Waals surface area contributed by atoms with E-state index in [1.54, 1.807) is 18.5 Å². The van der Waals surface area contributed by atoms with Crippen LogP contribution in [-0.2, 0) is 6.18 Å². The zero-order valence-electron chi connectivity index (χ0n) is 15.6. The summed E-state index contributed by atoms with van der Waals surface area (Å²) < 4.78 is 38.8. The predicted molar refractivity (Wildman–Crippen MR) is 104 cm³/mol. The molecular weight excluding hydrogens is 383 g/mol. The molecule has 3 aromatic rings. The Morgan fingerprint density at radius 1 is 0.931 bits per heavy atom. The Morgan fingerprint density at radius 3 is 2.41 bits per heavy atom. The van der Waals surface area contributed by atoms with Crippen LogP contribution < -0.4 is 10.2 Å². The fourth-order valence-electron chi connectivity index (χ4n) is 3.35. The average Bonchev–Trinajstić information content (AvgIpc) is 2.74. The van der Waals surface area contributed by atoms with Crippen LogP contribution in [0.3, 0.4) is 0 Å². The SMILES string of the molecule is FC(F)(F)c1ccc2c(N3CCN(CCNc4ncccn4)CC3)nccc2n1. The molecule has 1 aliphatic heterocycles. The van der Waals surface area contributed by atoms with Crippen molar-refractivity contribution in [2.75, 3.05) is 49.5 Å². The fraction of sp³-hybridized carbons (Fsp3) is 0.368. The number of nitrogens with zero attached hydrogens (tertiary/aromatic N) is 6. The minimum atomic E-state index is -4.46. The summed E-state index contributed by atoms with van der Waals surface area (Å²) in [6.45, 7) is 4.75. The first-order valence-electron chi connectivity index (χ1n) is 9.32. The lowest BCUT2D eigenvalue weighted by Gasteiger charge is -2.35. The molecule has 1 fully saturated rings. The third-order valence-electron chi connectivity index (χ3n) is 4.83. The second-order valence-corrected chi connectivity index (χ2v) is 6.72. The number of alkyl halides is 3. The highest BCUT2D eigenvalue weighted by Crippen LogP contribution is 2.31. The molecule has 10 heteroatoms. The Hall–Kier alpha value is -3.01. The number of aromatic nitrogens is 4. The summed E-state index contributed by atoms with van der Waals surface area (Å²) in [4.78, 5) is 20.8. The van der Waals surface area contributed by atoms with Crippen LogP contribution in [-0.4, -0.2) is 64.1 Å². The number of fused-ring (bicyclic) bond motifs is 1. The maximum atomic E-state index is 12.9. The molecular formula is C19H20F3N7. The maximum absolute atomic E-state index is 12.9. The summed E-state index contributed by atoms with van der Waals surface area (Å²) in [6, 6.07) is 5.76. The average molecular weight is 403 g/mol. The summed E-state index contributed by atoms with van der Waals surface area (Å²) in [5.41, 5.74) is -0.582. The number of nitrogens with one attached hydrogen (secondary N) is 1. The molecule has 3 aromatic heterocycles. The van der Waals surface area contributed by atoms with Crippen LogP contribution >= 0.6 is 0 Å². The Kier molecular flexibility index (Phi) is 5.43. The first-order chi connectivity index (χ1) is 14.0. The number of anilines is 2. The Labute approximate surface area is 165 Å². The lowest BCUT2D eigenvalue weighted by atomic mass is 10.2. The standard InChI is InChI=1S/C19H20F3N7/c20-19(21,22)16-3-2-14-15(27-16)4-7-23-17(14)29-12-10-28(11-13-29)9-8-26-18-24-5-1-6-25-18/h1-7H,8-13H2,(H,24,25,26). The number of hydrogen-bond acceptors (Lipinski definition) is 7. The molecule has 1 N–H and O–H groups in total. The molecule has 152 valence electrons. The predicted octanol–water partition coefficient (Wildman–Crippen LogP) is 2.67. The first-order valence-corrected chi connectivity index (χ1v) is 9.32. The van der Waals surface area contributed by atoms with E-state index in [1.165, 1.54) is 18.3 Å². The summed E-state index contributed by atoms with van der Waals surface area (Å²) in [5, 5.41) is 3.82. The van der Waals surface area contributed by atoms with E-state index in [-0.39, 0.29) is 0 Å². The van der Waals surface area contributed by atoms with E-state index in [0.29, 0.717) is 22.7 Å². The number of piperazine rings is 1. The van der Waals surface area contributed by atoms with Crippen LogP contribution in [0.2, 0.25) is 0 Å². The van der Waals surface area contributed by atoms with E-state index >= 15 is 0 Å². The highest BCUT2D eigenvalue weighted by Gasteiger charge is 2.32. The van der Waals surface area contributed by atoms with Crippen LogP contribution in [0, 0.1) is 0 Å². The van der Waals surface area contributed by atoms with Crippen LogP contribution in [0.15, 0.2) is 42.9 Å². The highest BCUT2D eigenvalue weighted by atomic mass is 19.4. The monoisotopic (exact) mass is 403 g/mol. The lowest BCUT2D eigenvalue weighted by molar-refractivity contribution is -0.140. The van der Waals surface area contributed by atoms with Crippen LogP contribution in [0.4, 0.5) is 24.9 Å². The van der Waals surface area contributed by atoms with Crippen molar-refractivity contribution in [3.63, 3.8) is 0 Å². The van der Waals surface area contributed by atoms with Gasteiger partial charge in [-0.15, -0.1) is 0 Å². The minimum absolute atomic E-state index is 0.305. The normalized spacial score (nSPS) is 15.6. The zero-order valence-corrected chi connectivity index (χ0v) is 15.6. The van der Waals surface area contributed by atoms with Gasteiger partial charge < -0.3 is 10.2 Å². The summed E-state index contributed by atoms with van der Waals surface area (Å²) in [5.74, 6) is 1.29. The van der Waals surface area contributed by atoms with Crippen molar-refractivity contribution in [3.05, 3.63) is 48.5 Å². The van der Waals surface area contributed by atoms with Crippen LogP contribution in [0.1, 0.15) is 5.69 Å². The number of hydrogen-bond donors (Lipinski definition) is 1. The van der Waals surface area contributed by atoms with Crippen LogP contribution in [0.25, 0.3) is 10.9 Å². The maximum Gasteiger partial charge on any atom is 0.433 e. The van der Waals surface area contributed by atoms with Gasteiger partial charge in [-0.2, -0.15) is 13.2 Å². The molecule has 1 saturated heterocycles. The third kappa shape index (κ3) is 4.53. The lowest BCUT2D eigenvalue weighted by Crippen LogP contribution is -2.48. The van der Waals surface area contributed by atoms with Gasteiger partial charge in [-0.05, 0) is 24.3 Å². The van der Waals surface area contributed by atoms with E-state index in [1.807, 2.05) is 0 Å². The summed E-state index contributed by atoms with van der Waals surface area (Å²) >= 11 is 0. The van der Waals surface area contributed by atoms with Gasteiger partial charge in [0, 0.05) is 63.2 Å². The zero-order chi connectivity index (χ0) is 20.3. The van der Waals surface area contributed by atoms with Gasteiger partial charge in [0.2, 0.25) is 5.95 Å². The van der Waals surface area contributed by atoms with Gasteiger partial charge in [0.25, 0.3) is 0 Å². The molecule has 29 heavy (non-hydrogen) atoms. The van der Waals surface area contributed by atoms with E-state index in [9.17, 15) is 13.2 Å². The van der Waals surface area contributed by atoms with Crippen molar-refractivity contribution in [3.8, 4) is 0 Å². The molecule has 0 unspecified atom stereocenters. The van der Waals surface area contributed by atoms with Crippen molar-refractivity contribution in [2.45, 2.75) is 6.18 Å². The minimum Gasteiger partial charge on any atom is -0.353 e. The van der Waals surface area contributed by atoms with Crippen molar-refractivity contribution < 1.29 is 13.2 Å². The molecule has 0 saturated carbocycles. The Balaban J connectivity index is 1.37. The first kappa shape index (κ1) is 19.3. The van der Waals surface area contributed by atoms with Gasteiger partial charge in [-0.3, -0.25) is 4.90 Å². The second kappa shape index (κ2) is 8.16. The molecule has 0 aliphatic carbocycles. The number of halogens is 3. The molecule has 0 bridgehead atoms.